The molecule has 0 saturated heterocycles. The van der Waals surface area contributed by atoms with Crippen molar-refractivity contribution in [1.29, 1.82) is 0 Å². The Morgan fingerprint density at radius 3 is 2.70 bits per heavy atom. The minimum absolute atomic E-state index is 0.531. The Morgan fingerprint density at radius 2 is 1.96 bits per heavy atom. The summed E-state index contributed by atoms with van der Waals surface area (Å²) in [5.74, 6) is 1.51. The lowest BCUT2D eigenvalue weighted by molar-refractivity contribution is 0.0993. The summed E-state index contributed by atoms with van der Waals surface area (Å²) in [6, 6.07) is 6.64. The van der Waals surface area contributed by atoms with Crippen LogP contribution in [0.2, 0.25) is 0 Å². The fourth-order valence-electron chi connectivity index (χ4n) is 2.88. The monoisotopic (exact) mass is 319 g/mol. The van der Waals surface area contributed by atoms with Crippen LogP contribution in [0.5, 0.6) is 11.5 Å². The van der Waals surface area contributed by atoms with Crippen molar-refractivity contribution >= 4 is 6.08 Å². The van der Waals surface area contributed by atoms with Crippen LogP contribution in [0.4, 0.5) is 0 Å². The van der Waals surface area contributed by atoms with Gasteiger partial charge >= 0.3 is 0 Å². The summed E-state index contributed by atoms with van der Waals surface area (Å²) in [5, 5.41) is 3.53. The van der Waals surface area contributed by atoms with Crippen LogP contribution in [-0.4, -0.2) is 39.5 Å². The average Bonchev–Trinajstić information content (AvgIpc) is 3.08. The van der Waals surface area contributed by atoms with Gasteiger partial charge in [-0.1, -0.05) is 31.1 Å². The first-order valence-corrected chi connectivity index (χ1v) is 8.58. The molecule has 1 aromatic carbocycles. The second kappa shape index (κ2) is 10.3. The fraction of sp³-hybridized carbons (Fsp3) is 0.579. The predicted molar refractivity (Wildman–Crippen MR) is 94.3 cm³/mol. The first-order chi connectivity index (χ1) is 11.3. The van der Waals surface area contributed by atoms with Gasteiger partial charge in [0.1, 0.15) is 6.61 Å². The number of allylic oxidation sites excluding steroid dienone is 1. The summed E-state index contributed by atoms with van der Waals surface area (Å²) in [6.07, 6.45) is 9.38. The van der Waals surface area contributed by atoms with Gasteiger partial charge in [-0.3, -0.25) is 0 Å². The maximum absolute atomic E-state index is 5.75. The van der Waals surface area contributed by atoms with E-state index in [1.54, 1.807) is 7.11 Å². The van der Waals surface area contributed by atoms with E-state index in [1.807, 2.05) is 37.3 Å². The van der Waals surface area contributed by atoms with Gasteiger partial charge in [-0.05, 0) is 37.5 Å². The Bertz CT molecular complexity index is 482. The molecule has 23 heavy (non-hydrogen) atoms. The van der Waals surface area contributed by atoms with E-state index < -0.39 is 0 Å². The van der Waals surface area contributed by atoms with Crippen LogP contribution in [0.15, 0.2) is 24.3 Å². The highest BCUT2D eigenvalue weighted by Gasteiger charge is 2.13. The molecule has 0 unspecified atom stereocenters. The minimum Gasteiger partial charge on any atom is -0.493 e. The van der Waals surface area contributed by atoms with Gasteiger partial charge < -0.3 is 19.5 Å². The Morgan fingerprint density at radius 1 is 1.13 bits per heavy atom. The van der Waals surface area contributed by atoms with Crippen LogP contribution in [0, 0.1) is 0 Å². The van der Waals surface area contributed by atoms with Gasteiger partial charge in [0.05, 0.1) is 20.3 Å². The molecule has 0 aromatic heterocycles. The molecule has 2 rings (SSSR count). The van der Waals surface area contributed by atoms with Crippen molar-refractivity contribution in [2.75, 3.05) is 33.5 Å². The van der Waals surface area contributed by atoms with Crippen LogP contribution in [-0.2, 0) is 4.74 Å². The number of methoxy groups -OCH3 is 1. The van der Waals surface area contributed by atoms with Crippen LogP contribution in [0.25, 0.3) is 6.08 Å². The summed E-state index contributed by atoms with van der Waals surface area (Å²) in [6.45, 7) is 4.77. The average molecular weight is 319 g/mol. The third kappa shape index (κ3) is 6.24. The van der Waals surface area contributed by atoms with Crippen molar-refractivity contribution in [3.8, 4) is 11.5 Å². The first-order valence-electron chi connectivity index (χ1n) is 8.58. The van der Waals surface area contributed by atoms with Gasteiger partial charge in [-0.25, -0.2) is 0 Å². The Kier molecular flexibility index (Phi) is 7.98. The van der Waals surface area contributed by atoms with Crippen molar-refractivity contribution < 1.29 is 14.2 Å². The highest BCUT2D eigenvalue weighted by Crippen LogP contribution is 2.28. The second-order valence-corrected chi connectivity index (χ2v) is 5.81. The van der Waals surface area contributed by atoms with Gasteiger partial charge in [0.2, 0.25) is 0 Å². The summed E-state index contributed by atoms with van der Waals surface area (Å²) in [4.78, 5) is 0. The van der Waals surface area contributed by atoms with Gasteiger partial charge in [0, 0.05) is 12.6 Å². The minimum atomic E-state index is 0.531. The zero-order valence-corrected chi connectivity index (χ0v) is 14.3. The van der Waals surface area contributed by atoms with Crippen LogP contribution < -0.4 is 14.8 Å². The SMILES string of the molecule is C/C=C\c1ccc(OCCOCCNC2CCCC2)c(OC)c1. The molecule has 1 saturated carbocycles. The molecule has 1 aliphatic carbocycles. The fourth-order valence-corrected chi connectivity index (χ4v) is 2.88. The molecule has 4 nitrogen and oxygen atoms in total. The summed E-state index contributed by atoms with van der Waals surface area (Å²) in [7, 11) is 1.66. The third-order valence-electron chi connectivity index (χ3n) is 4.07. The van der Waals surface area contributed by atoms with Crippen molar-refractivity contribution in [2.45, 2.75) is 38.6 Å². The van der Waals surface area contributed by atoms with Gasteiger partial charge in [0.15, 0.2) is 11.5 Å². The molecule has 0 radical (unpaired) electrons. The van der Waals surface area contributed by atoms with Crippen molar-refractivity contribution in [3.63, 3.8) is 0 Å². The van der Waals surface area contributed by atoms with Gasteiger partial charge in [-0.15, -0.1) is 0 Å². The quantitative estimate of drug-likeness (QED) is 0.668. The number of nitrogens with one attached hydrogen (secondary N) is 1. The summed E-state index contributed by atoms with van der Waals surface area (Å²) >= 11 is 0. The normalized spacial score (nSPS) is 15.4. The lowest BCUT2D eigenvalue weighted by Crippen LogP contribution is -2.29. The largest absolute Gasteiger partial charge is 0.493 e. The molecular formula is C19H29NO3. The van der Waals surface area contributed by atoms with E-state index >= 15 is 0 Å². The Hall–Kier alpha value is -1.52. The Labute approximate surface area is 139 Å². The maximum Gasteiger partial charge on any atom is 0.161 e. The molecule has 128 valence electrons. The smallest absolute Gasteiger partial charge is 0.161 e. The lowest BCUT2D eigenvalue weighted by atomic mass is 10.2. The molecule has 0 atom stereocenters. The van der Waals surface area contributed by atoms with Crippen molar-refractivity contribution in [3.05, 3.63) is 29.8 Å². The number of hydrogen-bond acceptors (Lipinski definition) is 4. The number of ether oxygens (including phenoxy) is 3. The van der Waals surface area contributed by atoms with E-state index in [-0.39, 0.29) is 0 Å². The molecule has 0 bridgehead atoms. The molecule has 0 aliphatic heterocycles. The molecule has 4 heteroatoms. The molecule has 0 amide bonds. The van der Waals surface area contributed by atoms with Crippen LogP contribution in [0.1, 0.15) is 38.2 Å². The van der Waals surface area contributed by atoms with E-state index in [1.165, 1.54) is 25.7 Å². The van der Waals surface area contributed by atoms with E-state index in [9.17, 15) is 0 Å². The Balaban J connectivity index is 1.61. The zero-order chi connectivity index (χ0) is 16.3. The number of hydrogen-bond donors (Lipinski definition) is 1. The zero-order valence-electron chi connectivity index (χ0n) is 14.3. The highest BCUT2D eigenvalue weighted by atomic mass is 16.5. The molecular weight excluding hydrogens is 290 g/mol. The molecule has 1 aliphatic rings. The number of benzene rings is 1. The topological polar surface area (TPSA) is 39.7 Å². The summed E-state index contributed by atoms with van der Waals surface area (Å²) in [5.41, 5.74) is 1.10. The highest BCUT2D eigenvalue weighted by molar-refractivity contribution is 5.55. The third-order valence-corrected chi connectivity index (χ3v) is 4.07. The van der Waals surface area contributed by atoms with Gasteiger partial charge in [-0.2, -0.15) is 0 Å². The number of rotatable bonds is 10. The van der Waals surface area contributed by atoms with E-state index in [0.717, 1.165) is 30.2 Å². The standard InChI is InChI=1S/C19H29NO3/c1-3-6-16-9-10-18(19(15-16)21-2)23-14-13-22-12-11-20-17-7-4-5-8-17/h3,6,9-10,15,17,20H,4-5,7-8,11-14H2,1-2H3/b6-3-. The van der Waals surface area contributed by atoms with Crippen molar-refractivity contribution in [1.82, 2.24) is 5.32 Å². The van der Waals surface area contributed by atoms with Crippen molar-refractivity contribution in [2.24, 2.45) is 0 Å². The van der Waals surface area contributed by atoms with Crippen LogP contribution >= 0.6 is 0 Å². The first kappa shape index (κ1) is 17.8. The molecule has 0 spiro atoms. The van der Waals surface area contributed by atoms with E-state index in [4.69, 9.17) is 14.2 Å². The second-order valence-electron chi connectivity index (χ2n) is 5.81. The predicted octanol–water partition coefficient (Wildman–Crippen LogP) is 3.66. The molecule has 0 heterocycles. The molecule has 1 fully saturated rings. The summed E-state index contributed by atoms with van der Waals surface area (Å²) < 4.78 is 16.7. The van der Waals surface area contributed by atoms with Gasteiger partial charge in [0.25, 0.3) is 0 Å². The van der Waals surface area contributed by atoms with Crippen LogP contribution in [0.3, 0.4) is 0 Å². The van der Waals surface area contributed by atoms with E-state index in [2.05, 4.69) is 5.32 Å². The maximum atomic E-state index is 5.75. The molecule has 1 N–H and O–H groups in total. The lowest BCUT2D eigenvalue weighted by Gasteiger charge is -2.13. The molecule has 1 aromatic rings. The van der Waals surface area contributed by atoms with E-state index in [0.29, 0.717) is 19.3 Å².